The fraction of sp³-hybridized carbons (Fsp3) is 0.333. The molecule has 21 heavy (non-hydrogen) atoms. The molecule has 0 aliphatic rings. The van der Waals surface area contributed by atoms with Gasteiger partial charge in [0.05, 0.1) is 0 Å². The lowest BCUT2D eigenvalue weighted by atomic mass is 10.2. The minimum Gasteiger partial charge on any atom is -0.490 e. The van der Waals surface area contributed by atoms with Gasteiger partial charge in [-0.2, -0.15) is 0 Å². The van der Waals surface area contributed by atoms with Crippen LogP contribution in [0.1, 0.15) is 18.1 Å². The van der Waals surface area contributed by atoms with Crippen LogP contribution in [0, 0.1) is 6.92 Å². The van der Waals surface area contributed by atoms with Gasteiger partial charge in [0.25, 0.3) is 0 Å². The molecular weight excluding hydrogens is 262 g/mol. The number of hydrogen-bond donors (Lipinski definition) is 1. The Balaban J connectivity index is 1.82. The number of aryl methyl sites for hydroxylation is 1. The summed E-state index contributed by atoms with van der Waals surface area (Å²) in [5, 5.41) is 3.32. The zero-order chi connectivity index (χ0) is 14.9. The normalized spacial score (nSPS) is 10.4. The topological polar surface area (TPSA) is 30.5 Å². The summed E-state index contributed by atoms with van der Waals surface area (Å²) < 4.78 is 11.6. The van der Waals surface area contributed by atoms with Gasteiger partial charge in [0.15, 0.2) is 0 Å². The first-order chi connectivity index (χ1) is 10.3. The van der Waals surface area contributed by atoms with Crippen LogP contribution in [0.2, 0.25) is 0 Å². The van der Waals surface area contributed by atoms with Gasteiger partial charge in [0.2, 0.25) is 0 Å². The summed E-state index contributed by atoms with van der Waals surface area (Å²) in [6, 6.07) is 16.1. The Labute approximate surface area is 126 Å². The SMILES string of the molecule is CCNCc1ccccc1OCCOc1ccccc1C. The molecule has 0 aliphatic carbocycles. The molecule has 0 radical (unpaired) electrons. The second-order valence-electron chi connectivity index (χ2n) is 4.85. The monoisotopic (exact) mass is 285 g/mol. The molecule has 0 atom stereocenters. The predicted molar refractivity (Wildman–Crippen MR) is 86.0 cm³/mol. The van der Waals surface area contributed by atoms with E-state index in [1.807, 2.05) is 49.4 Å². The van der Waals surface area contributed by atoms with E-state index >= 15 is 0 Å². The number of ether oxygens (including phenoxy) is 2. The quantitative estimate of drug-likeness (QED) is 0.752. The average molecular weight is 285 g/mol. The minimum atomic E-state index is 0.539. The van der Waals surface area contributed by atoms with Gasteiger partial charge in [-0.3, -0.25) is 0 Å². The van der Waals surface area contributed by atoms with E-state index in [0.717, 1.165) is 30.2 Å². The molecule has 2 aromatic rings. The summed E-state index contributed by atoms with van der Waals surface area (Å²) in [7, 11) is 0. The first-order valence-electron chi connectivity index (χ1n) is 7.41. The third-order valence-electron chi connectivity index (χ3n) is 3.23. The largest absolute Gasteiger partial charge is 0.490 e. The third-order valence-corrected chi connectivity index (χ3v) is 3.23. The molecule has 1 N–H and O–H groups in total. The molecular formula is C18H23NO2. The summed E-state index contributed by atoms with van der Waals surface area (Å²) >= 11 is 0. The van der Waals surface area contributed by atoms with Crippen LogP contribution in [0.4, 0.5) is 0 Å². The van der Waals surface area contributed by atoms with Crippen molar-refractivity contribution in [1.29, 1.82) is 0 Å². The first kappa shape index (κ1) is 15.4. The van der Waals surface area contributed by atoms with E-state index in [9.17, 15) is 0 Å². The Morgan fingerprint density at radius 1 is 0.857 bits per heavy atom. The Morgan fingerprint density at radius 2 is 1.48 bits per heavy atom. The van der Waals surface area contributed by atoms with E-state index < -0.39 is 0 Å². The van der Waals surface area contributed by atoms with Gasteiger partial charge in [-0.1, -0.05) is 43.3 Å². The summed E-state index contributed by atoms with van der Waals surface area (Å²) in [6.07, 6.45) is 0. The second kappa shape index (κ2) is 8.32. The van der Waals surface area contributed by atoms with Crippen molar-refractivity contribution in [3.8, 4) is 11.5 Å². The Hall–Kier alpha value is -2.00. The van der Waals surface area contributed by atoms with E-state index in [1.54, 1.807) is 0 Å². The maximum Gasteiger partial charge on any atom is 0.123 e. The lowest BCUT2D eigenvalue weighted by Gasteiger charge is -2.13. The lowest BCUT2D eigenvalue weighted by molar-refractivity contribution is 0.215. The van der Waals surface area contributed by atoms with Crippen LogP contribution in [0.5, 0.6) is 11.5 Å². The van der Waals surface area contributed by atoms with E-state index in [1.165, 1.54) is 5.56 Å². The Morgan fingerprint density at radius 3 is 2.19 bits per heavy atom. The number of nitrogens with one attached hydrogen (secondary N) is 1. The molecule has 0 fully saturated rings. The van der Waals surface area contributed by atoms with Crippen LogP contribution in [-0.4, -0.2) is 19.8 Å². The molecule has 0 spiro atoms. The molecule has 3 nitrogen and oxygen atoms in total. The summed E-state index contributed by atoms with van der Waals surface area (Å²) in [5.74, 6) is 1.84. The number of hydrogen-bond acceptors (Lipinski definition) is 3. The van der Waals surface area contributed by atoms with Crippen LogP contribution < -0.4 is 14.8 Å². The van der Waals surface area contributed by atoms with E-state index in [0.29, 0.717) is 13.2 Å². The highest BCUT2D eigenvalue weighted by Crippen LogP contribution is 2.18. The average Bonchev–Trinajstić information content (AvgIpc) is 2.52. The highest BCUT2D eigenvalue weighted by atomic mass is 16.5. The van der Waals surface area contributed by atoms with Crippen molar-refractivity contribution < 1.29 is 9.47 Å². The smallest absolute Gasteiger partial charge is 0.123 e. The van der Waals surface area contributed by atoms with Crippen molar-refractivity contribution in [2.45, 2.75) is 20.4 Å². The number of para-hydroxylation sites is 2. The highest BCUT2D eigenvalue weighted by Gasteiger charge is 2.03. The maximum absolute atomic E-state index is 5.83. The zero-order valence-electron chi connectivity index (χ0n) is 12.8. The molecule has 0 aliphatic heterocycles. The van der Waals surface area contributed by atoms with Gasteiger partial charge in [-0.25, -0.2) is 0 Å². The lowest BCUT2D eigenvalue weighted by Crippen LogP contribution is -2.14. The summed E-state index contributed by atoms with van der Waals surface area (Å²) in [5.41, 5.74) is 2.32. The third kappa shape index (κ3) is 4.80. The van der Waals surface area contributed by atoms with Gasteiger partial charge in [-0.05, 0) is 31.2 Å². The Kier molecular flexibility index (Phi) is 6.10. The van der Waals surface area contributed by atoms with Crippen LogP contribution in [0.25, 0.3) is 0 Å². The van der Waals surface area contributed by atoms with E-state index in [2.05, 4.69) is 18.3 Å². The van der Waals surface area contributed by atoms with Crippen LogP contribution in [0.3, 0.4) is 0 Å². The fourth-order valence-corrected chi connectivity index (χ4v) is 2.07. The van der Waals surface area contributed by atoms with Crippen LogP contribution in [-0.2, 0) is 6.54 Å². The molecule has 0 heterocycles. The molecule has 112 valence electrons. The molecule has 2 aromatic carbocycles. The molecule has 3 heteroatoms. The van der Waals surface area contributed by atoms with Crippen molar-refractivity contribution in [3.05, 3.63) is 59.7 Å². The van der Waals surface area contributed by atoms with Gasteiger partial charge < -0.3 is 14.8 Å². The van der Waals surface area contributed by atoms with Gasteiger partial charge >= 0.3 is 0 Å². The molecule has 0 bridgehead atoms. The summed E-state index contributed by atoms with van der Waals surface area (Å²) in [6.45, 7) is 7.00. The predicted octanol–water partition coefficient (Wildman–Crippen LogP) is 3.56. The van der Waals surface area contributed by atoms with Crippen LogP contribution >= 0.6 is 0 Å². The Bertz CT molecular complexity index is 554. The first-order valence-corrected chi connectivity index (χ1v) is 7.41. The molecule has 0 saturated heterocycles. The maximum atomic E-state index is 5.83. The fourth-order valence-electron chi connectivity index (χ4n) is 2.07. The van der Waals surface area contributed by atoms with E-state index in [4.69, 9.17) is 9.47 Å². The molecule has 2 rings (SSSR count). The van der Waals surface area contributed by atoms with Gasteiger partial charge in [0, 0.05) is 12.1 Å². The molecule has 0 saturated carbocycles. The molecule has 0 amide bonds. The zero-order valence-corrected chi connectivity index (χ0v) is 12.8. The summed E-state index contributed by atoms with van der Waals surface area (Å²) in [4.78, 5) is 0. The minimum absolute atomic E-state index is 0.539. The van der Waals surface area contributed by atoms with Gasteiger partial charge in [-0.15, -0.1) is 0 Å². The number of benzene rings is 2. The standard InChI is InChI=1S/C18H23NO2/c1-3-19-14-16-9-5-7-11-18(16)21-13-12-20-17-10-6-4-8-15(17)2/h4-11,19H,3,12-14H2,1-2H3. The van der Waals surface area contributed by atoms with Crippen molar-refractivity contribution in [1.82, 2.24) is 5.32 Å². The van der Waals surface area contributed by atoms with Crippen molar-refractivity contribution in [2.75, 3.05) is 19.8 Å². The van der Waals surface area contributed by atoms with Crippen molar-refractivity contribution in [2.24, 2.45) is 0 Å². The van der Waals surface area contributed by atoms with Gasteiger partial charge in [0.1, 0.15) is 24.7 Å². The second-order valence-corrected chi connectivity index (χ2v) is 4.85. The highest BCUT2D eigenvalue weighted by molar-refractivity contribution is 5.33. The molecule has 0 unspecified atom stereocenters. The van der Waals surface area contributed by atoms with Crippen molar-refractivity contribution in [3.63, 3.8) is 0 Å². The van der Waals surface area contributed by atoms with Crippen LogP contribution in [0.15, 0.2) is 48.5 Å². The molecule has 0 aromatic heterocycles. The van der Waals surface area contributed by atoms with E-state index in [-0.39, 0.29) is 0 Å². The number of rotatable bonds is 8. The van der Waals surface area contributed by atoms with Crippen molar-refractivity contribution >= 4 is 0 Å².